The normalized spacial score (nSPS) is 14.2. The molecular weight excluding hydrogens is 356 g/mol. The van der Waals surface area contributed by atoms with Gasteiger partial charge >= 0.3 is 5.63 Å². The number of amides is 1. The number of hydrogen-bond donors (Lipinski definition) is 0. The lowest BCUT2D eigenvalue weighted by Gasteiger charge is -2.38. The number of likely N-dealkylation sites (tertiary alicyclic amines) is 1. The molecular formula is C22H16N2O4. The summed E-state index contributed by atoms with van der Waals surface area (Å²) in [6.07, 6.45) is -0.148. The molecule has 0 atom stereocenters. The van der Waals surface area contributed by atoms with Crippen molar-refractivity contribution >= 4 is 27.8 Å². The number of pyridine rings is 1. The molecule has 0 unspecified atom stereocenters. The third-order valence-corrected chi connectivity index (χ3v) is 4.87. The van der Waals surface area contributed by atoms with Gasteiger partial charge in [0.25, 0.3) is 5.91 Å². The summed E-state index contributed by atoms with van der Waals surface area (Å²) in [5.41, 5.74) is 0.752. The number of hydrogen-bond acceptors (Lipinski definition) is 5. The molecule has 5 rings (SSSR count). The largest absolute Gasteiger partial charge is 0.471 e. The summed E-state index contributed by atoms with van der Waals surface area (Å²) in [6, 6.07) is 20.3. The van der Waals surface area contributed by atoms with Crippen LogP contribution in [0.2, 0.25) is 0 Å². The third-order valence-electron chi connectivity index (χ3n) is 4.87. The molecule has 28 heavy (non-hydrogen) atoms. The van der Waals surface area contributed by atoms with Crippen molar-refractivity contribution in [3.05, 3.63) is 82.7 Å². The Balaban J connectivity index is 1.29. The van der Waals surface area contributed by atoms with Crippen LogP contribution in [0.1, 0.15) is 10.4 Å². The Morgan fingerprint density at radius 1 is 1.00 bits per heavy atom. The zero-order valence-corrected chi connectivity index (χ0v) is 14.9. The van der Waals surface area contributed by atoms with E-state index in [9.17, 15) is 9.59 Å². The zero-order chi connectivity index (χ0) is 19.1. The molecule has 1 fully saturated rings. The van der Waals surface area contributed by atoms with Gasteiger partial charge in [-0.1, -0.05) is 36.4 Å². The molecule has 0 radical (unpaired) electrons. The van der Waals surface area contributed by atoms with Crippen LogP contribution in [-0.2, 0) is 0 Å². The minimum absolute atomic E-state index is 0.0426. The lowest BCUT2D eigenvalue weighted by molar-refractivity contribution is 0.0158. The maximum absolute atomic E-state index is 12.7. The van der Waals surface area contributed by atoms with E-state index in [1.165, 1.54) is 0 Å². The number of fused-ring (bicyclic) bond motifs is 2. The fourth-order valence-corrected chi connectivity index (χ4v) is 3.34. The molecule has 6 heteroatoms. The number of benzene rings is 2. The first kappa shape index (κ1) is 16.5. The second-order valence-corrected chi connectivity index (χ2v) is 6.78. The van der Waals surface area contributed by atoms with E-state index in [1.807, 2.05) is 48.5 Å². The molecule has 1 saturated heterocycles. The third kappa shape index (κ3) is 2.89. The quantitative estimate of drug-likeness (QED) is 0.516. The summed E-state index contributed by atoms with van der Waals surface area (Å²) >= 11 is 0. The van der Waals surface area contributed by atoms with E-state index in [4.69, 9.17) is 9.15 Å². The molecule has 2 aromatic heterocycles. The predicted molar refractivity (Wildman–Crippen MR) is 105 cm³/mol. The molecule has 6 nitrogen and oxygen atoms in total. The van der Waals surface area contributed by atoms with Gasteiger partial charge in [-0.15, -0.1) is 0 Å². The maximum Gasteiger partial charge on any atom is 0.349 e. The average molecular weight is 372 g/mol. The Hall–Kier alpha value is -3.67. The first-order chi connectivity index (χ1) is 13.7. The molecule has 3 heterocycles. The van der Waals surface area contributed by atoms with Crippen LogP contribution in [0.3, 0.4) is 0 Å². The molecule has 4 aromatic rings. The highest BCUT2D eigenvalue weighted by Gasteiger charge is 2.34. The first-order valence-corrected chi connectivity index (χ1v) is 9.02. The highest BCUT2D eigenvalue weighted by Crippen LogP contribution is 2.21. The average Bonchev–Trinajstić information content (AvgIpc) is 2.69. The van der Waals surface area contributed by atoms with Gasteiger partial charge < -0.3 is 14.1 Å². The molecule has 1 aliphatic rings. The van der Waals surface area contributed by atoms with Crippen molar-refractivity contribution in [3.8, 4) is 5.88 Å². The van der Waals surface area contributed by atoms with Crippen LogP contribution in [0.25, 0.3) is 21.9 Å². The lowest BCUT2D eigenvalue weighted by atomic mass is 10.1. The van der Waals surface area contributed by atoms with Crippen LogP contribution in [0.4, 0.5) is 0 Å². The van der Waals surface area contributed by atoms with Crippen LogP contribution in [-0.4, -0.2) is 35.0 Å². The van der Waals surface area contributed by atoms with E-state index in [1.54, 1.807) is 23.1 Å². The summed E-state index contributed by atoms with van der Waals surface area (Å²) in [6.45, 7) is 0.805. The molecule has 0 aliphatic carbocycles. The SMILES string of the molecule is O=C(c1cc2ccccc2oc1=O)N1CC(Oc2ccc3ccccc3n2)C1. The monoisotopic (exact) mass is 372 g/mol. The van der Waals surface area contributed by atoms with Crippen molar-refractivity contribution in [1.29, 1.82) is 0 Å². The summed E-state index contributed by atoms with van der Waals surface area (Å²) in [7, 11) is 0. The number of nitrogens with zero attached hydrogens (tertiary/aromatic N) is 2. The van der Waals surface area contributed by atoms with E-state index >= 15 is 0 Å². The van der Waals surface area contributed by atoms with E-state index in [-0.39, 0.29) is 17.6 Å². The van der Waals surface area contributed by atoms with Gasteiger partial charge in [-0.3, -0.25) is 4.79 Å². The highest BCUT2D eigenvalue weighted by molar-refractivity contribution is 5.97. The second-order valence-electron chi connectivity index (χ2n) is 6.78. The van der Waals surface area contributed by atoms with Gasteiger partial charge in [0, 0.05) is 16.8 Å². The van der Waals surface area contributed by atoms with Gasteiger partial charge in [-0.25, -0.2) is 9.78 Å². The van der Waals surface area contributed by atoms with Gasteiger partial charge in [0.05, 0.1) is 18.6 Å². The van der Waals surface area contributed by atoms with Gasteiger partial charge in [-0.05, 0) is 24.3 Å². The molecule has 2 aromatic carbocycles. The van der Waals surface area contributed by atoms with Gasteiger partial charge in [-0.2, -0.15) is 0 Å². The molecule has 1 amide bonds. The summed E-state index contributed by atoms with van der Waals surface area (Å²) in [4.78, 5) is 30.9. The van der Waals surface area contributed by atoms with Crippen LogP contribution in [0, 0.1) is 0 Å². The smallest absolute Gasteiger partial charge is 0.349 e. The van der Waals surface area contributed by atoms with Crippen LogP contribution in [0.5, 0.6) is 5.88 Å². The number of carbonyl (C=O) groups excluding carboxylic acids is 1. The van der Waals surface area contributed by atoms with Gasteiger partial charge in [0.15, 0.2) is 0 Å². The van der Waals surface area contributed by atoms with E-state index in [0.29, 0.717) is 24.6 Å². The second kappa shape index (κ2) is 6.49. The number of carbonyl (C=O) groups is 1. The summed E-state index contributed by atoms with van der Waals surface area (Å²) < 4.78 is 11.1. The molecule has 0 spiro atoms. The van der Waals surface area contributed by atoms with Crippen molar-refractivity contribution < 1.29 is 13.9 Å². The molecule has 0 bridgehead atoms. The van der Waals surface area contributed by atoms with E-state index in [2.05, 4.69) is 4.98 Å². The fraction of sp³-hybridized carbons (Fsp3) is 0.136. The summed E-state index contributed by atoms with van der Waals surface area (Å²) in [5.74, 6) is 0.187. The topological polar surface area (TPSA) is 72.6 Å². The Morgan fingerprint density at radius 3 is 2.61 bits per heavy atom. The van der Waals surface area contributed by atoms with Gasteiger partial charge in [0.1, 0.15) is 17.3 Å². The standard InChI is InChI=1S/C22H16N2O4/c25-21(17-11-15-6-2-4-8-19(15)28-22(17)26)24-12-16(13-24)27-20-10-9-14-5-1-3-7-18(14)23-20/h1-11,16H,12-13H2. The van der Waals surface area contributed by atoms with Crippen molar-refractivity contribution in [3.63, 3.8) is 0 Å². The van der Waals surface area contributed by atoms with E-state index in [0.717, 1.165) is 16.3 Å². The molecule has 1 aliphatic heterocycles. The highest BCUT2D eigenvalue weighted by atomic mass is 16.5. The Kier molecular flexibility index (Phi) is 3.83. The molecule has 0 saturated carbocycles. The number of ether oxygens (including phenoxy) is 1. The van der Waals surface area contributed by atoms with Crippen LogP contribution < -0.4 is 10.4 Å². The fourth-order valence-electron chi connectivity index (χ4n) is 3.34. The van der Waals surface area contributed by atoms with Crippen molar-refractivity contribution in [1.82, 2.24) is 9.88 Å². The van der Waals surface area contributed by atoms with Crippen LogP contribution >= 0.6 is 0 Å². The minimum Gasteiger partial charge on any atom is -0.471 e. The Labute approximate surface area is 160 Å². The number of rotatable bonds is 3. The lowest BCUT2D eigenvalue weighted by Crippen LogP contribution is -2.56. The molecule has 138 valence electrons. The van der Waals surface area contributed by atoms with Gasteiger partial charge in [0.2, 0.25) is 5.88 Å². The van der Waals surface area contributed by atoms with Crippen molar-refractivity contribution in [2.75, 3.05) is 13.1 Å². The number of para-hydroxylation sites is 2. The van der Waals surface area contributed by atoms with Crippen molar-refractivity contribution in [2.24, 2.45) is 0 Å². The summed E-state index contributed by atoms with van der Waals surface area (Å²) in [5, 5.41) is 1.77. The zero-order valence-electron chi connectivity index (χ0n) is 14.9. The minimum atomic E-state index is -0.621. The predicted octanol–water partition coefficient (Wildman–Crippen LogP) is 3.24. The van der Waals surface area contributed by atoms with E-state index < -0.39 is 5.63 Å². The number of aromatic nitrogens is 1. The molecule has 0 N–H and O–H groups in total. The Morgan fingerprint density at radius 2 is 1.75 bits per heavy atom. The van der Waals surface area contributed by atoms with Crippen molar-refractivity contribution in [2.45, 2.75) is 6.10 Å². The maximum atomic E-state index is 12.7. The first-order valence-electron chi connectivity index (χ1n) is 9.02. The Bertz CT molecular complexity index is 1260. The van der Waals surface area contributed by atoms with Crippen LogP contribution in [0.15, 0.2) is 75.9 Å².